The molecule has 0 amide bonds. The maximum Gasteiger partial charge on any atom is 0.167 e. The van der Waals surface area contributed by atoms with E-state index in [4.69, 9.17) is 4.98 Å². The van der Waals surface area contributed by atoms with E-state index in [1.807, 2.05) is 6.07 Å². The molecule has 0 N–H and O–H groups in total. The van der Waals surface area contributed by atoms with Gasteiger partial charge in [0.15, 0.2) is 15.7 Å². The molecule has 1 aromatic carbocycles. The fraction of sp³-hybridized carbons (Fsp3) is 0.346. The van der Waals surface area contributed by atoms with Crippen molar-refractivity contribution in [1.29, 1.82) is 0 Å². The molecule has 1 saturated carbocycles. The van der Waals surface area contributed by atoms with E-state index in [9.17, 15) is 17.2 Å². The minimum Gasteiger partial charge on any atom is -0.257 e. The number of nitrogens with zero attached hydrogens (tertiary/aromatic N) is 6. The van der Waals surface area contributed by atoms with E-state index >= 15 is 0 Å². The van der Waals surface area contributed by atoms with Gasteiger partial charge in [-0.15, -0.1) is 5.10 Å². The summed E-state index contributed by atoms with van der Waals surface area (Å²) in [5.74, 6) is -1.05. The molecule has 0 aliphatic heterocycles. The van der Waals surface area contributed by atoms with E-state index < -0.39 is 26.9 Å². The van der Waals surface area contributed by atoms with Gasteiger partial charge in [-0.2, -0.15) is 10.2 Å². The lowest BCUT2D eigenvalue weighted by Gasteiger charge is -2.37. The van der Waals surface area contributed by atoms with E-state index in [1.54, 1.807) is 24.7 Å². The number of hydrogen-bond acceptors (Lipinski definition) is 7. The highest BCUT2D eigenvalue weighted by Crippen LogP contribution is 2.69. The van der Waals surface area contributed by atoms with Gasteiger partial charge < -0.3 is 0 Å². The van der Waals surface area contributed by atoms with E-state index in [0.29, 0.717) is 11.4 Å². The molecule has 8 nitrogen and oxygen atoms in total. The Balaban J connectivity index is 1.45. The number of sulfone groups is 1. The molecule has 11 heteroatoms. The molecule has 37 heavy (non-hydrogen) atoms. The maximum atomic E-state index is 14.5. The number of halogens is 2. The van der Waals surface area contributed by atoms with Crippen LogP contribution in [0, 0.1) is 17.0 Å². The van der Waals surface area contributed by atoms with Crippen LogP contribution in [0.1, 0.15) is 49.6 Å². The normalized spacial score (nSPS) is 21.8. The summed E-state index contributed by atoms with van der Waals surface area (Å²) in [6.45, 7) is 4.34. The van der Waals surface area contributed by atoms with Crippen molar-refractivity contribution in [2.75, 3.05) is 6.26 Å². The molecule has 0 spiro atoms. The second kappa shape index (κ2) is 7.95. The van der Waals surface area contributed by atoms with Crippen LogP contribution in [0.15, 0.2) is 48.9 Å². The van der Waals surface area contributed by atoms with Crippen molar-refractivity contribution < 1.29 is 17.2 Å². The Morgan fingerprint density at radius 2 is 1.89 bits per heavy atom. The minimum atomic E-state index is -3.26. The Kier molecular flexibility index (Phi) is 5.11. The van der Waals surface area contributed by atoms with Crippen LogP contribution in [0.25, 0.3) is 22.6 Å². The Bertz CT molecular complexity index is 1650. The quantitative estimate of drug-likeness (QED) is 0.385. The Hall–Kier alpha value is -3.60. The fourth-order valence-electron chi connectivity index (χ4n) is 6.28. The SMILES string of the molecule is CC1(C)[C@H]2CC[C@@]1(c1ccnc(-c3cnn(CS(C)(=O)=O)c3)n1)c1nnc(-c3c(F)cccc3F)cc12. The third kappa shape index (κ3) is 3.51. The standard InChI is InChI=1S/C26H24F2N6O2S/c1-25(2)17-7-9-26(25,23-16(17)11-20(32-33-23)22-18(27)5-4-6-19(22)28)21-8-10-29-24(31-21)15-12-30-34(13-15)14-37(3,35)36/h4-6,8,10-13,17H,7,9,14H2,1-3H3/t17-,26+/m0/s1. The lowest BCUT2D eigenvalue weighted by molar-refractivity contribution is 0.243. The zero-order valence-corrected chi connectivity index (χ0v) is 21.3. The molecule has 6 rings (SSSR count). The molecule has 1 fully saturated rings. The van der Waals surface area contributed by atoms with E-state index in [-0.39, 0.29) is 28.5 Å². The van der Waals surface area contributed by atoms with Gasteiger partial charge in [-0.05, 0) is 54.0 Å². The first-order chi connectivity index (χ1) is 17.5. The molecule has 190 valence electrons. The molecule has 0 radical (unpaired) electrons. The molecular formula is C26H24F2N6O2S. The van der Waals surface area contributed by atoms with Crippen molar-refractivity contribution in [1.82, 2.24) is 29.9 Å². The van der Waals surface area contributed by atoms with Gasteiger partial charge in [-0.3, -0.25) is 4.68 Å². The van der Waals surface area contributed by atoms with Crippen LogP contribution in [-0.2, 0) is 21.1 Å². The number of rotatable bonds is 5. The summed E-state index contributed by atoms with van der Waals surface area (Å²) in [6.07, 6.45) is 7.65. The van der Waals surface area contributed by atoms with Crippen molar-refractivity contribution in [3.63, 3.8) is 0 Å². The molecule has 3 heterocycles. The van der Waals surface area contributed by atoms with Crippen LogP contribution >= 0.6 is 0 Å². The zero-order valence-electron chi connectivity index (χ0n) is 20.5. The van der Waals surface area contributed by atoms with Gasteiger partial charge in [-0.25, -0.2) is 27.2 Å². The van der Waals surface area contributed by atoms with Gasteiger partial charge >= 0.3 is 0 Å². The maximum absolute atomic E-state index is 14.5. The minimum absolute atomic E-state index is 0.113. The van der Waals surface area contributed by atoms with Gasteiger partial charge in [0.2, 0.25) is 0 Å². The molecule has 2 atom stereocenters. The second-order valence-electron chi connectivity index (χ2n) is 10.4. The van der Waals surface area contributed by atoms with Gasteiger partial charge in [0.1, 0.15) is 17.5 Å². The molecule has 4 aromatic rings. The lowest BCUT2D eigenvalue weighted by Crippen LogP contribution is -2.38. The van der Waals surface area contributed by atoms with Crippen LogP contribution in [-0.4, -0.2) is 44.6 Å². The molecule has 2 aliphatic carbocycles. The van der Waals surface area contributed by atoms with Gasteiger partial charge in [0, 0.05) is 18.6 Å². The predicted molar refractivity (Wildman–Crippen MR) is 132 cm³/mol. The largest absolute Gasteiger partial charge is 0.257 e. The first-order valence-electron chi connectivity index (χ1n) is 11.9. The average Bonchev–Trinajstić information content (AvgIpc) is 3.45. The predicted octanol–water partition coefficient (Wildman–Crippen LogP) is 4.28. The van der Waals surface area contributed by atoms with Crippen LogP contribution in [0.2, 0.25) is 0 Å². The third-order valence-electron chi connectivity index (χ3n) is 7.95. The summed E-state index contributed by atoms with van der Waals surface area (Å²) in [6, 6.07) is 7.40. The van der Waals surface area contributed by atoms with Gasteiger partial charge in [0.25, 0.3) is 0 Å². The Morgan fingerprint density at radius 1 is 1.14 bits per heavy atom. The van der Waals surface area contributed by atoms with Crippen LogP contribution < -0.4 is 0 Å². The van der Waals surface area contributed by atoms with E-state index in [0.717, 1.165) is 36.0 Å². The Morgan fingerprint density at radius 3 is 2.62 bits per heavy atom. The summed E-state index contributed by atoms with van der Waals surface area (Å²) in [5, 5.41) is 13.0. The lowest BCUT2D eigenvalue weighted by atomic mass is 9.66. The highest BCUT2D eigenvalue weighted by atomic mass is 32.2. The van der Waals surface area contributed by atoms with Crippen LogP contribution in [0.5, 0.6) is 0 Å². The van der Waals surface area contributed by atoms with E-state index in [2.05, 4.69) is 34.1 Å². The van der Waals surface area contributed by atoms with Crippen molar-refractivity contribution >= 4 is 9.84 Å². The summed E-state index contributed by atoms with van der Waals surface area (Å²) in [7, 11) is -3.26. The van der Waals surface area contributed by atoms with Crippen molar-refractivity contribution in [2.45, 2.75) is 43.9 Å². The van der Waals surface area contributed by atoms with Crippen LogP contribution in [0.3, 0.4) is 0 Å². The summed E-state index contributed by atoms with van der Waals surface area (Å²) in [5.41, 5.74) is 2.23. The molecule has 2 bridgehead atoms. The first-order valence-corrected chi connectivity index (χ1v) is 13.9. The summed E-state index contributed by atoms with van der Waals surface area (Å²) < 4.78 is 53.7. The average molecular weight is 523 g/mol. The molecule has 2 aliphatic rings. The van der Waals surface area contributed by atoms with Crippen molar-refractivity contribution in [3.8, 4) is 22.6 Å². The fourth-order valence-corrected chi connectivity index (χ4v) is 6.90. The van der Waals surface area contributed by atoms with Gasteiger partial charge in [0.05, 0.1) is 39.8 Å². The van der Waals surface area contributed by atoms with E-state index in [1.165, 1.54) is 22.9 Å². The smallest absolute Gasteiger partial charge is 0.167 e. The molecular weight excluding hydrogens is 498 g/mol. The molecule has 0 saturated heterocycles. The number of benzene rings is 1. The zero-order chi connectivity index (χ0) is 26.2. The second-order valence-corrected chi connectivity index (χ2v) is 12.5. The third-order valence-corrected chi connectivity index (χ3v) is 8.69. The van der Waals surface area contributed by atoms with Crippen molar-refractivity contribution in [2.24, 2.45) is 5.41 Å². The topological polar surface area (TPSA) is 104 Å². The van der Waals surface area contributed by atoms with Gasteiger partial charge in [-0.1, -0.05) is 19.9 Å². The van der Waals surface area contributed by atoms with Crippen LogP contribution in [0.4, 0.5) is 8.78 Å². The molecule has 3 aromatic heterocycles. The first kappa shape index (κ1) is 23.8. The Labute approximate surface area is 212 Å². The van der Waals surface area contributed by atoms with Crippen molar-refractivity contribution in [3.05, 3.63) is 77.5 Å². The summed E-state index contributed by atoms with van der Waals surface area (Å²) in [4.78, 5) is 9.32. The number of hydrogen-bond donors (Lipinski definition) is 0. The number of fused-ring (bicyclic) bond motifs is 5. The summed E-state index contributed by atoms with van der Waals surface area (Å²) >= 11 is 0. The molecule has 0 unspecified atom stereocenters. The monoisotopic (exact) mass is 522 g/mol. The highest BCUT2D eigenvalue weighted by molar-refractivity contribution is 7.89. The number of aromatic nitrogens is 6. The highest BCUT2D eigenvalue weighted by Gasteiger charge is 2.65.